The molecule has 1 saturated heterocycles. The molecule has 6 heteroatoms. The quantitative estimate of drug-likeness (QED) is 0.781. The van der Waals surface area contributed by atoms with E-state index in [4.69, 9.17) is 4.74 Å². The Hall–Kier alpha value is -2.60. The molecular formula is C23H29N3O3. The zero-order valence-electron chi connectivity index (χ0n) is 17.4. The lowest BCUT2D eigenvalue weighted by Crippen LogP contribution is -2.49. The monoisotopic (exact) mass is 395 g/mol. The lowest BCUT2D eigenvalue weighted by atomic mass is 9.82. The molecule has 0 aliphatic carbocycles. The van der Waals surface area contributed by atoms with Crippen LogP contribution in [0.3, 0.4) is 0 Å². The van der Waals surface area contributed by atoms with Crippen LogP contribution in [0.25, 0.3) is 11.1 Å². The van der Waals surface area contributed by atoms with E-state index in [2.05, 4.69) is 6.07 Å². The lowest BCUT2D eigenvalue weighted by Gasteiger charge is -2.43. The fourth-order valence-corrected chi connectivity index (χ4v) is 4.66. The summed E-state index contributed by atoms with van der Waals surface area (Å²) in [6.45, 7) is 2.56. The number of carbonyl (C=O) groups excluding carboxylic acids is 1. The Balaban J connectivity index is 1.61. The average molecular weight is 396 g/mol. The molecule has 0 spiro atoms. The molecule has 3 heterocycles. The van der Waals surface area contributed by atoms with Crippen molar-refractivity contribution in [2.45, 2.75) is 25.3 Å². The van der Waals surface area contributed by atoms with Gasteiger partial charge in [0.25, 0.3) is 5.56 Å². The Labute approximate surface area is 171 Å². The van der Waals surface area contributed by atoms with Gasteiger partial charge in [0.2, 0.25) is 5.91 Å². The van der Waals surface area contributed by atoms with Crippen LogP contribution in [0.15, 0.2) is 41.2 Å². The minimum Gasteiger partial charge on any atom is -0.384 e. The molecule has 2 aliphatic rings. The highest BCUT2D eigenvalue weighted by Crippen LogP contribution is 2.36. The summed E-state index contributed by atoms with van der Waals surface area (Å²) in [4.78, 5) is 29.7. The number of ether oxygens (including phenoxy) is 1. The van der Waals surface area contributed by atoms with Gasteiger partial charge < -0.3 is 19.1 Å². The second-order valence-electron chi connectivity index (χ2n) is 8.37. The smallest absolute Gasteiger partial charge is 0.258 e. The number of hydrogen-bond acceptors (Lipinski definition) is 4. The number of likely N-dealkylation sites (tertiary alicyclic amines) is 1. The van der Waals surface area contributed by atoms with E-state index < -0.39 is 0 Å². The van der Waals surface area contributed by atoms with Crippen molar-refractivity contribution >= 4 is 11.6 Å². The first-order valence-electron chi connectivity index (χ1n) is 10.3. The average Bonchev–Trinajstić information content (AvgIpc) is 2.72. The van der Waals surface area contributed by atoms with Crippen molar-refractivity contribution in [2.24, 2.45) is 5.92 Å². The molecule has 154 valence electrons. The van der Waals surface area contributed by atoms with Gasteiger partial charge in [0.05, 0.1) is 13.0 Å². The van der Waals surface area contributed by atoms with Crippen LogP contribution in [0.4, 0.5) is 5.69 Å². The van der Waals surface area contributed by atoms with Crippen LogP contribution < -0.4 is 10.5 Å². The number of amides is 1. The maximum absolute atomic E-state index is 13.3. The highest BCUT2D eigenvalue weighted by atomic mass is 16.5. The Kier molecular flexibility index (Phi) is 5.46. The topological polar surface area (TPSA) is 54.8 Å². The summed E-state index contributed by atoms with van der Waals surface area (Å²) < 4.78 is 7.00. The van der Waals surface area contributed by atoms with E-state index in [-0.39, 0.29) is 17.4 Å². The number of benzene rings is 1. The molecule has 0 unspecified atom stereocenters. The summed E-state index contributed by atoms with van der Waals surface area (Å²) in [6.07, 6.45) is 1.47. The first-order chi connectivity index (χ1) is 14.0. The van der Waals surface area contributed by atoms with Crippen LogP contribution in [-0.4, -0.2) is 56.3 Å². The van der Waals surface area contributed by atoms with E-state index in [0.717, 1.165) is 35.5 Å². The highest BCUT2D eigenvalue weighted by molar-refractivity contribution is 5.76. The van der Waals surface area contributed by atoms with Gasteiger partial charge in [-0.05, 0) is 42.2 Å². The highest BCUT2D eigenvalue weighted by Gasteiger charge is 2.36. The van der Waals surface area contributed by atoms with E-state index in [1.807, 2.05) is 58.8 Å². The van der Waals surface area contributed by atoms with Gasteiger partial charge in [0.1, 0.15) is 0 Å². The van der Waals surface area contributed by atoms with Crippen LogP contribution in [0.1, 0.15) is 24.5 Å². The van der Waals surface area contributed by atoms with Gasteiger partial charge in [-0.1, -0.05) is 12.1 Å². The van der Waals surface area contributed by atoms with E-state index in [0.29, 0.717) is 32.0 Å². The van der Waals surface area contributed by atoms with Gasteiger partial charge in [-0.25, -0.2) is 0 Å². The molecule has 1 amide bonds. The summed E-state index contributed by atoms with van der Waals surface area (Å²) >= 11 is 0. The third-order valence-electron chi connectivity index (χ3n) is 6.17. The largest absolute Gasteiger partial charge is 0.384 e. The fourth-order valence-electron chi connectivity index (χ4n) is 4.66. The molecule has 1 fully saturated rings. The Morgan fingerprint density at radius 2 is 1.86 bits per heavy atom. The van der Waals surface area contributed by atoms with Crippen LogP contribution in [-0.2, 0) is 16.1 Å². The van der Waals surface area contributed by atoms with Crippen LogP contribution in [0.5, 0.6) is 0 Å². The molecule has 2 atom stereocenters. The number of fused-ring (bicyclic) bond motifs is 4. The second kappa shape index (κ2) is 8.03. The number of pyridine rings is 1. The maximum Gasteiger partial charge on any atom is 0.258 e. The maximum atomic E-state index is 13.3. The van der Waals surface area contributed by atoms with Crippen molar-refractivity contribution in [3.63, 3.8) is 0 Å². The van der Waals surface area contributed by atoms with E-state index in [1.165, 1.54) is 0 Å². The molecule has 0 radical (unpaired) electrons. The number of aromatic nitrogens is 1. The van der Waals surface area contributed by atoms with E-state index >= 15 is 0 Å². The Morgan fingerprint density at radius 1 is 1.10 bits per heavy atom. The zero-order valence-corrected chi connectivity index (χ0v) is 17.4. The molecule has 6 nitrogen and oxygen atoms in total. The van der Waals surface area contributed by atoms with Crippen LogP contribution in [0.2, 0.25) is 0 Å². The summed E-state index contributed by atoms with van der Waals surface area (Å²) in [6, 6.07) is 12.1. The van der Waals surface area contributed by atoms with E-state index in [9.17, 15) is 9.59 Å². The number of piperidine rings is 1. The third kappa shape index (κ3) is 3.81. The predicted molar refractivity (Wildman–Crippen MR) is 114 cm³/mol. The number of rotatable bonds is 5. The van der Waals surface area contributed by atoms with Crippen molar-refractivity contribution in [1.82, 2.24) is 9.47 Å². The molecular weight excluding hydrogens is 366 g/mol. The van der Waals surface area contributed by atoms with Crippen molar-refractivity contribution in [3.8, 4) is 11.1 Å². The number of carbonyl (C=O) groups is 1. The number of hydrogen-bond donors (Lipinski definition) is 0. The summed E-state index contributed by atoms with van der Waals surface area (Å²) in [5, 5.41) is 0. The van der Waals surface area contributed by atoms with Crippen molar-refractivity contribution in [2.75, 3.05) is 45.8 Å². The van der Waals surface area contributed by atoms with Crippen molar-refractivity contribution in [3.05, 3.63) is 52.4 Å². The minimum absolute atomic E-state index is 0.0777. The first-order valence-corrected chi connectivity index (χ1v) is 10.3. The fraction of sp³-hybridized carbons (Fsp3) is 0.478. The molecule has 0 N–H and O–H groups in total. The van der Waals surface area contributed by atoms with Gasteiger partial charge in [-0.15, -0.1) is 0 Å². The van der Waals surface area contributed by atoms with Crippen molar-refractivity contribution < 1.29 is 9.53 Å². The molecule has 0 saturated carbocycles. The molecule has 2 aliphatic heterocycles. The van der Waals surface area contributed by atoms with Gasteiger partial charge in [-0.3, -0.25) is 9.59 Å². The SMILES string of the molecule is COCCC(=O)N1C[C@@H]2C[C@H](C1)c1ccc(-c3ccc(N(C)C)cc3)c(=O)n1C2. The van der Waals surface area contributed by atoms with Gasteiger partial charge in [0, 0.05) is 63.7 Å². The molecule has 2 bridgehead atoms. The molecule has 4 rings (SSSR count). The second-order valence-corrected chi connectivity index (χ2v) is 8.37. The van der Waals surface area contributed by atoms with Gasteiger partial charge in [0.15, 0.2) is 0 Å². The van der Waals surface area contributed by atoms with Gasteiger partial charge >= 0.3 is 0 Å². The zero-order chi connectivity index (χ0) is 20.5. The summed E-state index contributed by atoms with van der Waals surface area (Å²) in [5.74, 6) is 0.707. The Morgan fingerprint density at radius 3 is 2.55 bits per heavy atom. The van der Waals surface area contributed by atoms with Crippen LogP contribution >= 0.6 is 0 Å². The Bertz CT molecular complexity index is 949. The summed E-state index contributed by atoms with van der Waals surface area (Å²) in [7, 11) is 5.63. The van der Waals surface area contributed by atoms with Crippen LogP contribution in [0, 0.1) is 5.92 Å². The molecule has 29 heavy (non-hydrogen) atoms. The normalized spacial score (nSPS) is 20.3. The standard InChI is InChI=1S/C23H29N3O3/c1-24(2)19-6-4-17(5-7-19)20-8-9-21-18-12-16(14-26(21)23(20)28)13-25(15-18)22(27)10-11-29-3/h4-9,16,18H,10-15H2,1-3H3/t16-,18+/m0/s1. The number of methoxy groups -OCH3 is 1. The minimum atomic E-state index is 0.0777. The molecule has 1 aromatic heterocycles. The summed E-state index contributed by atoms with van der Waals surface area (Å²) in [5.41, 5.74) is 3.94. The van der Waals surface area contributed by atoms with E-state index in [1.54, 1.807) is 7.11 Å². The first kappa shape index (κ1) is 19.7. The van der Waals surface area contributed by atoms with Gasteiger partial charge in [-0.2, -0.15) is 0 Å². The van der Waals surface area contributed by atoms with Crippen molar-refractivity contribution in [1.29, 1.82) is 0 Å². The lowest BCUT2D eigenvalue weighted by molar-refractivity contribution is -0.134. The molecule has 2 aromatic rings. The third-order valence-corrected chi connectivity index (χ3v) is 6.17. The number of nitrogens with zero attached hydrogens (tertiary/aromatic N) is 3. The molecule has 1 aromatic carbocycles. The predicted octanol–water partition coefficient (Wildman–Crippen LogP) is 2.56. The number of anilines is 1.